The number of anilines is 1. The van der Waals surface area contributed by atoms with E-state index in [4.69, 9.17) is 4.74 Å². The summed E-state index contributed by atoms with van der Waals surface area (Å²) in [6.07, 6.45) is 3.20. The van der Waals surface area contributed by atoms with Gasteiger partial charge in [0.25, 0.3) is 0 Å². The first kappa shape index (κ1) is 17.8. The minimum absolute atomic E-state index is 0.302. The number of ether oxygens (including phenoxy) is 1. The standard InChI is InChI=1S/C20H20FN3O2/c1-2-26-20(25)15-7-5-14(6-8-15)4-3-11-22-19-17-12-16(21)9-10-18(17)23-13-24-19/h5-10,12-13H,2-4,11H2,1H3,(H,22,23,24). The van der Waals surface area contributed by atoms with Crippen LogP contribution in [0.25, 0.3) is 10.9 Å². The second-order valence-corrected chi connectivity index (χ2v) is 5.83. The molecule has 6 heteroatoms. The lowest BCUT2D eigenvalue weighted by molar-refractivity contribution is 0.0526. The van der Waals surface area contributed by atoms with Crippen LogP contribution in [0.3, 0.4) is 0 Å². The number of carbonyl (C=O) groups is 1. The average Bonchev–Trinajstić information content (AvgIpc) is 2.66. The molecule has 0 aliphatic heterocycles. The molecule has 0 saturated heterocycles. The maximum atomic E-state index is 13.4. The second-order valence-electron chi connectivity index (χ2n) is 5.83. The molecule has 0 bridgehead atoms. The van der Waals surface area contributed by atoms with Gasteiger partial charge in [-0.2, -0.15) is 0 Å². The maximum Gasteiger partial charge on any atom is 0.338 e. The average molecular weight is 353 g/mol. The van der Waals surface area contributed by atoms with Crippen molar-refractivity contribution in [3.63, 3.8) is 0 Å². The van der Waals surface area contributed by atoms with Crippen molar-refractivity contribution in [2.24, 2.45) is 0 Å². The zero-order chi connectivity index (χ0) is 18.4. The van der Waals surface area contributed by atoms with Crippen LogP contribution in [0.5, 0.6) is 0 Å². The Hall–Kier alpha value is -3.02. The van der Waals surface area contributed by atoms with Gasteiger partial charge in [0.05, 0.1) is 17.7 Å². The van der Waals surface area contributed by atoms with Gasteiger partial charge >= 0.3 is 5.97 Å². The number of hydrogen-bond donors (Lipinski definition) is 1. The van der Waals surface area contributed by atoms with Crippen molar-refractivity contribution in [2.75, 3.05) is 18.5 Å². The fraction of sp³-hybridized carbons (Fsp3) is 0.250. The highest BCUT2D eigenvalue weighted by Crippen LogP contribution is 2.20. The monoisotopic (exact) mass is 353 g/mol. The molecule has 134 valence electrons. The summed E-state index contributed by atoms with van der Waals surface area (Å²) in [5, 5.41) is 3.91. The molecule has 0 saturated carbocycles. The van der Waals surface area contributed by atoms with Crippen LogP contribution in [-0.4, -0.2) is 29.1 Å². The molecule has 1 aromatic heterocycles. The highest BCUT2D eigenvalue weighted by atomic mass is 19.1. The molecular formula is C20H20FN3O2. The summed E-state index contributed by atoms with van der Waals surface area (Å²) in [5.74, 6) is 0.0211. The van der Waals surface area contributed by atoms with Crippen molar-refractivity contribution >= 4 is 22.7 Å². The summed E-state index contributed by atoms with van der Waals surface area (Å²) >= 11 is 0. The molecule has 0 atom stereocenters. The third-order valence-corrected chi connectivity index (χ3v) is 4.00. The van der Waals surface area contributed by atoms with Gasteiger partial charge in [0.1, 0.15) is 18.0 Å². The first-order valence-corrected chi connectivity index (χ1v) is 8.57. The Balaban J connectivity index is 1.54. The van der Waals surface area contributed by atoms with Crippen LogP contribution in [0.4, 0.5) is 10.2 Å². The van der Waals surface area contributed by atoms with Gasteiger partial charge in [0.2, 0.25) is 0 Å². The van der Waals surface area contributed by atoms with Crippen LogP contribution in [0.2, 0.25) is 0 Å². The Kier molecular flexibility index (Phi) is 5.73. The number of aromatic nitrogens is 2. The van der Waals surface area contributed by atoms with Gasteiger partial charge in [-0.1, -0.05) is 12.1 Å². The normalized spacial score (nSPS) is 10.7. The number of nitrogens with one attached hydrogen (secondary N) is 1. The molecule has 5 nitrogen and oxygen atoms in total. The van der Waals surface area contributed by atoms with Crippen LogP contribution in [-0.2, 0) is 11.2 Å². The molecule has 26 heavy (non-hydrogen) atoms. The Morgan fingerprint density at radius 2 is 1.96 bits per heavy atom. The van der Waals surface area contributed by atoms with Gasteiger partial charge in [-0.15, -0.1) is 0 Å². The Morgan fingerprint density at radius 3 is 2.73 bits per heavy atom. The van der Waals surface area contributed by atoms with E-state index in [0.29, 0.717) is 35.4 Å². The quantitative estimate of drug-likeness (QED) is 0.514. The molecule has 3 rings (SSSR count). The summed E-state index contributed by atoms with van der Waals surface area (Å²) in [6, 6.07) is 11.9. The maximum absolute atomic E-state index is 13.4. The van der Waals surface area contributed by atoms with Gasteiger partial charge in [-0.25, -0.2) is 19.2 Å². The van der Waals surface area contributed by atoms with Gasteiger partial charge in [0.15, 0.2) is 0 Å². The minimum atomic E-state index is -0.308. The number of halogens is 1. The number of hydrogen-bond acceptors (Lipinski definition) is 5. The number of carbonyl (C=O) groups excluding carboxylic acids is 1. The first-order chi connectivity index (χ1) is 12.7. The van der Waals surface area contributed by atoms with E-state index in [-0.39, 0.29) is 11.8 Å². The molecule has 0 radical (unpaired) electrons. The first-order valence-electron chi connectivity index (χ1n) is 8.57. The van der Waals surface area contributed by atoms with Crippen molar-refractivity contribution in [3.05, 3.63) is 65.7 Å². The van der Waals surface area contributed by atoms with E-state index in [1.165, 1.54) is 18.5 Å². The molecule has 0 aliphatic rings. The zero-order valence-corrected chi connectivity index (χ0v) is 14.5. The molecular weight excluding hydrogens is 333 g/mol. The van der Waals surface area contributed by atoms with Crippen LogP contribution in [0, 0.1) is 5.82 Å². The van der Waals surface area contributed by atoms with E-state index in [1.54, 1.807) is 25.1 Å². The van der Waals surface area contributed by atoms with E-state index in [1.807, 2.05) is 12.1 Å². The minimum Gasteiger partial charge on any atom is -0.462 e. The topological polar surface area (TPSA) is 64.1 Å². The summed E-state index contributed by atoms with van der Waals surface area (Å²) in [6.45, 7) is 2.85. The third-order valence-electron chi connectivity index (χ3n) is 4.00. The Bertz CT molecular complexity index is 897. The van der Waals surface area contributed by atoms with Gasteiger partial charge in [0, 0.05) is 11.9 Å². The number of rotatable bonds is 7. The van der Waals surface area contributed by atoms with E-state index in [9.17, 15) is 9.18 Å². The van der Waals surface area contributed by atoms with Gasteiger partial charge in [-0.3, -0.25) is 0 Å². The molecule has 3 aromatic rings. The number of esters is 1. The number of nitrogens with zero attached hydrogens (tertiary/aromatic N) is 2. The highest BCUT2D eigenvalue weighted by Gasteiger charge is 2.06. The largest absolute Gasteiger partial charge is 0.462 e. The Morgan fingerprint density at radius 1 is 1.15 bits per heavy atom. The molecule has 2 aromatic carbocycles. The molecule has 0 spiro atoms. The third kappa shape index (κ3) is 4.33. The smallest absolute Gasteiger partial charge is 0.338 e. The Labute approximate surface area is 151 Å². The SMILES string of the molecule is CCOC(=O)c1ccc(CCCNc2ncnc3ccc(F)cc23)cc1. The number of fused-ring (bicyclic) bond motifs is 1. The van der Waals surface area contributed by atoms with Gasteiger partial charge < -0.3 is 10.1 Å². The van der Waals surface area contributed by atoms with Crippen LogP contribution in [0.1, 0.15) is 29.3 Å². The van der Waals surface area contributed by atoms with Gasteiger partial charge in [-0.05, 0) is 55.7 Å². The van der Waals surface area contributed by atoms with Crippen molar-refractivity contribution in [1.29, 1.82) is 0 Å². The molecule has 0 aliphatic carbocycles. The van der Waals surface area contributed by atoms with E-state index < -0.39 is 0 Å². The van der Waals surface area contributed by atoms with E-state index in [2.05, 4.69) is 15.3 Å². The zero-order valence-electron chi connectivity index (χ0n) is 14.5. The van der Waals surface area contributed by atoms with E-state index >= 15 is 0 Å². The summed E-state index contributed by atoms with van der Waals surface area (Å²) < 4.78 is 18.4. The fourth-order valence-electron chi connectivity index (χ4n) is 2.69. The van der Waals surface area contributed by atoms with Crippen LogP contribution >= 0.6 is 0 Å². The van der Waals surface area contributed by atoms with Crippen molar-refractivity contribution in [1.82, 2.24) is 9.97 Å². The molecule has 0 fully saturated rings. The predicted molar refractivity (Wildman–Crippen MR) is 98.7 cm³/mol. The molecule has 1 N–H and O–H groups in total. The van der Waals surface area contributed by atoms with Crippen molar-refractivity contribution in [2.45, 2.75) is 19.8 Å². The molecule has 0 amide bonds. The van der Waals surface area contributed by atoms with Crippen LogP contribution in [0.15, 0.2) is 48.8 Å². The second kappa shape index (κ2) is 8.38. The summed E-state index contributed by atoms with van der Waals surface area (Å²) in [5.41, 5.74) is 2.40. The summed E-state index contributed by atoms with van der Waals surface area (Å²) in [4.78, 5) is 20.0. The highest BCUT2D eigenvalue weighted by molar-refractivity contribution is 5.89. The molecule has 0 unspecified atom stereocenters. The lowest BCUT2D eigenvalue weighted by atomic mass is 10.1. The van der Waals surface area contributed by atoms with Crippen molar-refractivity contribution in [3.8, 4) is 0 Å². The predicted octanol–water partition coefficient (Wildman–Crippen LogP) is 3.99. The molecule has 1 heterocycles. The van der Waals surface area contributed by atoms with E-state index in [0.717, 1.165) is 18.4 Å². The van der Waals surface area contributed by atoms with Crippen molar-refractivity contribution < 1.29 is 13.9 Å². The fourth-order valence-corrected chi connectivity index (χ4v) is 2.69. The lowest BCUT2D eigenvalue weighted by Gasteiger charge is -2.08. The lowest BCUT2D eigenvalue weighted by Crippen LogP contribution is -2.06. The number of aryl methyl sites for hydroxylation is 1. The number of benzene rings is 2. The summed E-state index contributed by atoms with van der Waals surface area (Å²) in [7, 11) is 0. The van der Waals surface area contributed by atoms with Crippen LogP contribution < -0.4 is 5.32 Å².